The number of rotatable bonds is 9. The second kappa shape index (κ2) is 14.3. The molecule has 3 fully saturated rings. The van der Waals surface area contributed by atoms with Crippen molar-refractivity contribution in [3.05, 3.63) is 90.5 Å². The molecule has 3 aliphatic rings. The van der Waals surface area contributed by atoms with Crippen molar-refractivity contribution in [1.82, 2.24) is 4.90 Å². The van der Waals surface area contributed by atoms with Crippen LogP contribution in [0.2, 0.25) is 0 Å². The fraction of sp³-hybridized carbons (Fsp3) is 0.526. The fourth-order valence-electron chi connectivity index (χ4n) is 8.72. The average molecular weight is 584 g/mol. The Morgan fingerprint density at radius 3 is 1.61 bits per heavy atom. The molecule has 0 aliphatic heterocycles. The maximum absolute atomic E-state index is 2.63. The van der Waals surface area contributed by atoms with Crippen LogP contribution in [-0.4, -0.2) is 36.0 Å². The highest BCUT2D eigenvalue weighted by Crippen LogP contribution is 2.65. The largest absolute Gasteiger partial charge is 0.302 e. The highest BCUT2D eigenvalue weighted by Gasteiger charge is 2.45. The molecule has 0 spiro atoms. The molecule has 0 saturated heterocycles. The Hall–Kier alpha value is -1.52. The molecule has 3 aromatic carbocycles. The molecular weight excluding hydrogens is 532 g/mol. The first kappa shape index (κ1) is 29.5. The third kappa shape index (κ3) is 6.69. The lowest BCUT2D eigenvalue weighted by Crippen LogP contribution is -2.38. The van der Waals surface area contributed by atoms with E-state index in [4.69, 9.17) is 0 Å². The lowest BCUT2D eigenvalue weighted by molar-refractivity contribution is 0.216. The molecule has 0 amide bonds. The van der Waals surface area contributed by atoms with E-state index in [-0.39, 0.29) is 7.92 Å². The summed E-state index contributed by atoms with van der Waals surface area (Å²) in [5.41, 5.74) is 4.62. The number of hydrogen-bond donors (Lipinski definition) is 0. The van der Waals surface area contributed by atoms with E-state index < -0.39 is 7.92 Å². The Bertz CT molecular complexity index is 1140. The quantitative estimate of drug-likeness (QED) is 0.227. The molecule has 218 valence electrons. The standard InChI is InChI=1S/C38H51NP2/c1-39(2)38(35-27-17-29-37(35)41(32-22-11-5-12-23-32)33-24-13-6-14-25-33)34-26-15-16-28-36(34)40(30-18-7-3-8-19-30)31-20-9-4-10-21-31/h3-4,7-10,15-16,18-21,26,28,32-33,35,37-38H,5-6,11-14,17,22-25,27,29H2,1-2H3. The summed E-state index contributed by atoms with van der Waals surface area (Å²) in [6, 6.07) is 32.8. The maximum atomic E-state index is 2.63. The minimum Gasteiger partial charge on any atom is -0.302 e. The van der Waals surface area contributed by atoms with Crippen molar-refractivity contribution in [1.29, 1.82) is 0 Å². The zero-order valence-corrected chi connectivity index (χ0v) is 27.3. The number of hydrogen-bond acceptors (Lipinski definition) is 1. The minimum atomic E-state index is -0.614. The van der Waals surface area contributed by atoms with E-state index in [0.29, 0.717) is 6.04 Å². The van der Waals surface area contributed by atoms with E-state index in [1.54, 1.807) is 10.9 Å². The van der Waals surface area contributed by atoms with Crippen LogP contribution in [0.15, 0.2) is 84.9 Å². The molecule has 3 aliphatic carbocycles. The summed E-state index contributed by atoms with van der Waals surface area (Å²) in [5.74, 6) is 0.782. The molecule has 1 nitrogen and oxygen atoms in total. The lowest BCUT2D eigenvalue weighted by atomic mass is 9.90. The Kier molecular flexibility index (Phi) is 10.3. The molecule has 0 radical (unpaired) electrons. The van der Waals surface area contributed by atoms with Crippen molar-refractivity contribution in [2.75, 3.05) is 14.1 Å². The summed E-state index contributed by atoms with van der Waals surface area (Å²) < 4.78 is 0. The van der Waals surface area contributed by atoms with Crippen LogP contribution in [0.3, 0.4) is 0 Å². The second-order valence-electron chi connectivity index (χ2n) is 13.2. The zero-order valence-electron chi connectivity index (χ0n) is 25.5. The molecule has 3 aromatic rings. The molecule has 0 aromatic heterocycles. The van der Waals surface area contributed by atoms with E-state index in [1.807, 2.05) is 0 Å². The molecule has 3 heteroatoms. The highest BCUT2D eigenvalue weighted by molar-refractivity contribution is 7.79. The van der Waals surface area contributed by atoms with Gasteiger partial charge in [-0.15, -0.1) is 0 Å². The molecule has 3 unspecified atom stereocenters. The van der Waals surface area contributed by atoms with Crippen molar-refractivity contribution < 1.29 is 0 Å². The van der Waals surface area contributed by atoms with Gasteiger partial charge in [0.15, 0.2) is 0 Å². The summed E-state index contributed by atoms with van der Waals surface area (Å²) in [4.78, 5) is 2.63. The first-order valence-electron chi connectivity index (χ1n) is 16.7. The first-order chi connectivity index (χ1) is 20.2. The van der Waals surface area contributed by atoms with Crippen LogP contribution in [0, 0.1) is 5.92 Å². The van der Waals surface area contributed by atoms with Crippen molar-refractivity contribution in [3.8, 4) is 0 Å². The van der Waals surface area contributed by atoms with Gasteiger partial charge in [0.2, 0.25) is 0 Å². The Labute approximate surface area is 253 Å². The number of nitrogens with zero attached hydrogens (tertiary/aromatic N) is 1. The van der Waals surface area contributed by atoms with E-state index in [1.165, 1.54) is 94.1 Å². The molecule has 6 rings (SSSR count). The summed E-state index contributed by atoms with van der Waals surface area (Å²) in [6.45, 7) is 0. The lowest BCUT2D eigenvalue weighted by Gasteiger charge is -2.46. The molecule has 0 heterocycles. The zero-order chi connectivity index (χ0) is 28.0. The smallest absolute Gasteiger partial charge is 0.0382 e. The third-order valence-electron chi connectivity index (χ3n) is 10.4. The second-order valence-corrected chi connectivity index (χ2v) is 18.4. The van der Waals surface area contributed by atoms with E-state index in [0.717, 1.165) is 22.9 Å². The molecule has 3 atom stereocenters. The van der Waals surface area contributed by atoms with E-state index in [2.05, 4.69) is 104 Å². The molecule has 41 heavy (non-hydrogen) atoms. The van der Waals surface area contributed by atoms with Gasteiger partial charge in [0.05, 0.1) is 0 Å². The van der Waals surface area contributed by atoms with Gasteiger partial charge < -0.3 is 4.90 Å². The molecule has 0 bridgehead atoms. The van der Waals surface area contributed by atoms with Crippen LogP contribution < -0.4 is 15.9 Å². The van der Waals surface area contributed by atoms with Crippen molar-refractivity contribution >= 4 is 31.8 Å². The molecule has 0 N–H and O–H groups in total. The van der Waals surface area contributed by atoms with Crippen LogP contribution in [0.5, 0.6) is 0 Å². The summed E-state index contributed by atoms with van der Waals surface area (Å²) in [6.07, 6.45) is 19.4. The fourth-order valence-corrected chi connectivity index (χ4v) is 16.1. The summed E-state index contributed by atoms with van der Waals surface area (Å²) in [7, 11) is 4.23. The van der Waals surface area contributed by atoms with E-state index >= 15 is 0 Å². The van der Waals surface area contributed by atoms with Gasteiger partial charge in [-0.25, -0.2) is 0 Å². The van der Waals surface area contributed by atoms with Crippen molar-refractivity contribution in [2.24, 2.45) is 5.92 Å². The van der Waals surface area contributed by atoms with Gasteiger partial charge in [-0.2, -0.15) is 0 Å². The Balaban J connectivity index is 1.41. The molecular formula is C38H51NP2. The van der Waals surface area contributed by atoms with Gasteiger partial charge in [0, 0.05) is 6.04 Å². The minimum absolute atomic E-state index is 0.0810. The van der Waals surface area contributed by atoms with Crippen LogP contribution in [0.25, 0.3) is 0 Å². The van der Waals surface area contributed by atoms with E-state index in [9.17, 15) is 0 Å². The van der Waals surface area contributed by atoms with Crippen molar-refractivity contribution in [3.63, 3.8) is 0 Å². The average Bonchev–Trinajstić information content (AvgIpc) is 3.49. The Morgan fingerprint density at radius 1 is 0.561 bits per heavy atom. The first-order valence-corrected chi connectivity index (χ1v) is 19.5. The van der Waals surface area contributed by atoms with Gasteiger partial charge in [-0.05, 0) is 105 Å². The maximum Gasteiger partial charge on any atom is 0.0382 e. The summed E-state index contributed by atoms with van der Waals surface area (Å²) in [5, 5.41) is 4.51. The van der Waals surface area contributed by atoms with Gasteiger partial charge in [-0.3, -0.25) is 0 Å². The monoisotopic (exact) mass is 583 g/mol. The van der Waals surface area contributed by atoms with Crippen LogP contribution in [0.4, 0.5) is 0 Å². The summed E-state index contributed by atoms with van der Waals surface area (Å²) >= 11 is 0. The van der Waals surface area contributed by atoms with Gasteiger partial charge >= 0.3 is 0 Å². The van der Waals surface area contributed by atoms with Crippen LogP contribution in [0.1, 0.15) is 95.1 Å². The van der Waals surface area contributed by atoms with Gasteiger partial charge in [0.1, 0.15) is 0 Å². The number of benzene rings is 3. The topological polar surface area (TPSA) is 3.24 Å². The van der Waals surface area contributed by atoms with Crippen LogP contribution >= 0.6 is 15.8 Å². The normalized spacial score (nSPS) is 23.4. The van der Waals surface area contributed by atoms with Crippen LogP contribution in [-0.2, 0) is 0 Å². The Morgan fingerprint density at radius 2 is 1.07 bits per heavy atom. The predicted molar refractivity (Wildman–Crippen MR) is 183 cm³/mol. The van der Waals surface area contributed by atoms with Gasteiger partial charge in [-0.1, -0.05) is 138 Å². The third-order valence-corrected chi connectivity index (χ3v) is 17.0. The predicted octanol–water partition coefficient (Wildman–Crippen LogP) is 9.36. The highest BCUT2D eigenvalue weighted by atomic mass is 31.1. The van der Waals surface area contributed by atoms with Crippen molar-refractivity contribution in [2.45, 2.75) is 106 Å². The van der Waals surface area contributed by atoms with Gasteiger partial charge in [0.25, 0.3) is 0 Å². The molecule has 3 saturated carbocycles. The SMILES string of the molecule is CN(C)C(c1ccccc1P(c1ccccc1)c1ccccc1)C1CCCC1P(C1CCCCC1)C1CCCCC1.